The Morgan fingerprint density at radius 2 is 1.84 bits per heavy atom. The molecule has 0 bridgehead atoms. The first kappa shape index (κ1) is 26.0. The van der Waals surface area contributed by atoms with E-state index in [0.717, 1.165) is 32.0 Å². The van der Waals surface area contributed by atoms with Crippen molar-refractivity contribution in [1.29, 1.82) is 0 Å². The van der Waals surface area contributed by atoms with Gasteiger partial charge in [0.05, 0.1) is 6.54 Å². The van der Waals surface area contributed by atoms with Crippen LogP contribution < -0.4 is 10.6 Å². The maximum absolute atomic E-state index is 13.1. The lowest BCUT2D eigenvalue weighted by atomic mass is 10.3. The number of nitrogens with zero attached hydrogens (tertiary/aromatic N) is 6. The number of aromatic nitrogens is 5. The minimum absolute atomic E-state index is 0.0110. The van der Waals surface area contributed by atoms with Crippen LogP contribution >= 0.6 is 0 Å². The minimum atomic E-state index is -4.58. The highest BCUT2D eigenvalue weighted by Crippen LogP contribution is 2.29. The van der Waals surface area contributed by atoms with Gasteiger partial charge < -0.3 is 10.6 Å². The van der Waals surface area contributed by atoms with Gasteiger partial charge >= 0.3 is 6.18 Å². The molecule has 0 aromatic carbocycles. The van der Waals surface area contributed by atoms with Crippen molar-refractivity contribution in [1.82, 2.24) is 29.5 Å². The molecule has 1 aliphatic heterocycles. The summed E-state index contributed by atoms with van der Waals surface area (Å²) in [4.78, 5) is 26.8. The van der Waals surface area contributed by atoms with Crippen molar-refractivity contribution in [2.45, 2.75) is 32.9 Å². The molecule has 4 aromatic heterocycles. The van der Waals surface area contributed by atoms with E-state index in [9.17, 15) is 18.0 Å². The van der Waals surface area contributed by atoms with Gasteiger partial charge in [0.25, 0.3) is 0 Å². The summed E-state index contributed by atoms with van der Waals surface area (Å²) < 4.78 is 40.9. The number of nitrogens with one attached hydrogen (secondary N) is 2. The average Bonchev–Trinajstić information content (AvgIpc) is 3.57. The molecule has 5 rings (SSSR count). The summed E-state index contributed by atoms with van der Waals surface area (Å²) in [5.74, 6) is 0.611. The Morgan fingerprint density at radius 3 is 2.59 bits per heavy atom. The number of hydrogen-bond donors (Lipinski definition) is 2. The Kier molecular flexibility index (Phi) is 7.97. The van der Waals surface area contributed by atoms with Crippen LogP contribution in [0.15, 0.2) is 54.9 Å². The fraction of sp³-hybridized carbons (Fsp3) is 0.320. The zero-order valence-electron chi connectivity index (χ0n) is 20.5. The van der Waals surface area contributed by atoms with Crippen LogP contribution in [0.3, 0.4) is 0 Å². The van der Waals surface area contributed by atoms with Crippen LogP contribution in [0.2, 0.25) is 0 Å². The number of likely N-dealkylation sites (tertiary alicyclic amines) is 1. The summed E-state index contributed by atoms with van der Waals surface area (Å²) in [6.45, 7) is 6.13. The topological polar surface area (TPSA) is 100 Å². The quantitative estimate of drug-likeness (QED) is 0.375. The molecule has 1 saturated heterocycles. The van der Waals surface area contributed by atoms with Crippen LogP contribution in [-0.2, 0) is 11.0 Å². The molecule has 194 valence electrons. The average molecular weight is 513 g/mol. The lowest BCUT2D eigenvalue weighted by Gasteiger charge is -2.14. The molecule has 1 aliphatic rings. The number of halogens is 3. The van der Waals surface area contributed by atoms with E-state index in [1.807, 2.05) is 13.8 Å². The molecule has 5 heterocycles. The third-order valence-corrected chi connectivity index (χ3v) is 5.52. The van der Waals surface area contributed by atoms with Gasteiger partial charge in [0.1, 0.15) is 22.7 Å². The van der Waals surface area contributed by atoms with Crippen molar-refractivity contribution in [2.24, 2.45) is 0 Å². The van der Waals surface area contributed by atoms with E-state index < -0.39 is 11.9 Å². The summed E-state index contributed by atoms with van der Waals surface area (Å²) in [7, 11) is 0. The predicted molar refractivity (Wildman–Crippen MR) is 134 cm³/mol. The Hall–Kier alpha value is -4.06. The second kappa shape index (κ2) is 11.3. The van der Waals surface area contributed by atoms with Gasteiger partial charge in [-0.1, -0.05) is 19.9 Å². The zero-order chi connectivity index (χ0) is 26.4. The molecule has 2 N–H and O–H groups in total. The van der Waals surface area contributed by atoms with Crippen molar-refractivity contribution in [3.63, 3.8) is 0 Å². The van der Waals surface area contributed by atoms with Crippen molar-refractivity contribution in [3.8, 4) is 11.5 Å². The Morgan fingerprint density at radius 1 is 1.05 bits per heavy atom. The maximum Gasteiger partial charge on any atom is 0.433 e. The van der Waals surface area contributed by atoms with Crippen LogP contribution in [-0.4, -0.2) is 55.0 Å². The van der Waals surface area contributed by atoms with E-state index in [1.165, 1.54) is 16.6 Å². The van der Waals surface area contributed by atoms with Crippen LogP contribution in [0.5, 0.6) is 0 Å². The van der Waals surface area contributed by atoms with Gasteiger partial charge in [-0.2, -0.15) is 13.2 Å². The number of anilines is 3. The summed E-state index contributed by atoms with van der Waals surface area (Å²) in [5.41, 5.74) is 0.158. The van der Waals surface area contributed by atoms with Crippen LogP contribution in [0.1, 0.15) is 32.4 Å². The van der Waals surface area contributed by atoms with E-state index in [2.05, 4.69) is 35.6 Å². The van der Waals surface area contributed by atoms with Crippen LogP contribution in [0.4, 0.5) is 30.5 Å². The molecule has 0 spiro atoms. The van der Waals surface area contributed by atoms with Crippen LogP contribution in [0, 0.1) is 0 Å². The number of alkyl halides is 3. The van der Waals surface area contributed by atoms with E-state index in [0.29, 0.717) is 29.4 Å². The minimum Gasteiger partial charge on any atom is -0.338 e. The van der Waals surface area contributed by atoms with Crippen molar-refractivity contribution in [3.05, 3.63) is 60.6 Å². The molecule has 1 fully saturated rings. The lowest BCUT2D eigenvalue weighted by molar-refractivity contribution is -0.141. The fourth-order valence-electron chi connectivity index (χ4n) is 3.89. The molecule has 0 saturated carbocycles. The highest BCUT2D eigenvalue weighted by molar-refractivity contribution is 5.92. The monoisotopic (exact) mass is 512 g/mol. The Bertz CT molecular complexity index is 1370. The van der Waals surface area contributed by atoms with Gasteiger partial charge in [0, 0.05) is 24.1 Å². The van der Waals surface area contributed by atoms with Gasteiger partial charge in [-0.15, -0.1) is 5.10 Å². The molecule has 0 atom stereocenters. The maximum atomic E-state index is 13.1. The van der Waals surface area contributed by atoms with E-state index in [1.54, 1.807) is 36.7 Å². The molecule has 9 nitrogen and oxygen atoms in total. The highest BCUT2D eigenvalue weighted by Gasteiger charge is 2.32. The van der Waals surface area contributed by atoms with Crippen LogP contribution in [0.25, 0.3) is 17.0 Å². The summed E-state index contributed by atoms with van der Waals surface area (Å²) in [6.07, 6.45) is 0.808. The standard InChI is InChI=1S/C23H21F3N8O.C2H6/c24-23(25,26)18-7-3-5-16(29-18)21-31-22(17-6-4-12-34(17)32-21)28-15-8-9-27-19(13-15)30-20(35)14-33-10-1-2-11-33;1-2/h3-9,12-13H,1-2,10-11,14H2,(H2,27,28,30,31,32,35);1-2H3. The van der Waals surface area contributed by atoms with Crippen molar-refractivity contribution >= 4 is 28.7 Å². The molecule has 0 aliphatic carbocycles. The molecule has 0 unspecified atom stereocenters. The number of hydrogen-bond acceptors (Lipinski definition) is 7. The third kappa shape index (κ3) is 6.39. The highest BCUT2D eigenvalue weighted by atomic mass is 19.4. The summed E-state index contributed by atoms with van der Waals surface area (Å²) in [5, 5.41) is 10.2. The second-order valence-corrected chi connectivity index (χ2v) is 8.11. The number of pyridine rings is 2. The Labute approximate surface area is 211 Å². The largest absolute Gasteiger partial charge is 0.433 e. The van der Waals surface area contributed by atoms with Gasteiger partial charge in [-0.3, -0.25) is 9.69 Å². The molecular formula is C25H27F3N8O. The van der Waals surface area contributed by atoms with Gasteiger partial charge in [-0.05, 0) is 56.3 Å². The molecule has 1 amide bonds. The number of amides is 1. The number of fused-ring (bicyclic) bond motifs is 1. The van der Waals surface area contributed by atoms with Crippen molar-refractivity contribution < 1.29 is 18.0 Å². The van der Waals surface area contributed by atoms with Gasteiger partial charge in [0.15, 0.2) is 5.82 Å². The first-order chi connectivity index (χ1) is 17.8. The second-order valence-electron chi connectivity index (χ2n) is 8.11. The lowest BCUT2D eigenvalue weighted by Crippen LogP contribution is -2.31. The van der Waals surface area contributed by atoms with E-state index in [4.69, 9.17) is 0 Å². The molecule has 4 aromatic rings. The molecule has 37 heavy (non-hydrogen) atoms. The fourth-order valence-corrected chi connectivity index (χ4v) is 3.89. The molecule has 0 radical (unpaired) electrons. The SMILES string of the molecule is CC.O=C(CN1CCCC1)Nc1cc(Nc2nc(-c3cccc(C(F)(F)F)n3)nn3cccc23)ccn1. The zero-order valence-corrected chi connectivity index (χ0v) is 20.5. The van der Waals surface area contributed by atoms with Crippen molar-refractivity contribution in [2.75, 3.05) is 30.3 Å². The first-order valence-corrected chi connectivity index (χ1v) is 12.0. The summed E-state index contributed by atoms with van der Waals surface area (Å²) in [6, 6.07) is 10.4. The third-order valence-electron chi connectivity index (χ3n) is 5.52. The van der Waals surface area contributed by atoms with E-state index >= 15 is 0 Å². The molecule has 12 heteroatoms. The normalized spacial score (nSPS) is 13.8. The number of rotatable bonds is 6. The van der Waals surface area contributed by atoms with Gasteiger partial charge in [-0.25, -0.2) is 19.5 Å². The van der Waals surface area contributed by atoms with Gasteiger partial charge in [0.2, 0.25) is 11.7 Å². The predicted octanol–water partition coefficient (Wildman–Crippen LogP) is 5.01. The Balaban J connectivity index is 0.00000156. The molecular weight excluding hydrogens is 485 g/mol. The van der Waals surface area contributed by atoms with E-state index in [-0.39, 0.29) is 17.4 Å². The first-order valence-electron chi connectivity index (χ1n) is 12.0. The summed E-state index contributed by atoms with van der Waals surface area (Å²) >= 11 is 0. The number of carbonyl (C=O) groups excluding carboxylic acids is 1. The number of carbonyl (C=O) groups is 1. The smallest absolute Gasteiger partial charge is 0.338 e.